The van der Waals surface area contributed by atoms with Gasteiger partial charge in [0.15, 0.2) is 0 Å². The highest BCUT2D eigenvalue weighted by Crippen LogP contribution is 2.47. The van der Waals surface area contributed by atoms with Gasteiger partial charge in [0.25, 0.3) is 0 Å². The van der Waals surface area contributed by atoms with Crippen molar-refractivity contribution in [3.05, 3.63) is 0 Å². The van der Waals surface area contributed by atoms with Crippen LogP contribution in [0, 0.1) is 34.5 Å². The van der Waals surface area contributed by atoms with E-state index in [9.17, 15) is 19.8 Å². The Bertz CT molecular complexity index is 509. The van der Waals surface area contributed by atoms with Crippen molar-refractivity contribution in [2.24, 2.45) is 34.5 Å². The van der Waals surface area contributed by atoms with Crippen molar-refractivity contribution in [2.75, 3.05) is 0 Å². The molecule has 5 heteroatoms. The van der Waals surface area contributed by atoms with Crippen LogP contribution in [0.4, 0.5) is 0 Å². The smallest absolute Gasteiger partial charge is 0.309 e. The maximum atomic E-state index is 11.8. The van der Waals surface area contributed by atoms with Gasteiger partial charge in [-0.15, -0.1) is 0 Å². The van der Waals surface area contributed by atoms with E-state index in [4.69, 9.17) is 4.74 Å². The Hall–Kier alpha value is -1.10. The number of rotatable bonds is 6. The summed E-state index contributed by atoms with van der Waals surface area (Å²) in [6, 6.07) is 0. The van der Waals surface area contributed by atoms with Crippen LogP contribution >= 0.6 is 0 Å². The van der Waals surface area contributed by atoms with E-state index >= 15 is 0 Å². The third kappa shape index (κ3) is 4.67. The van der Waals surface area contributed by atoms with Crippen LogP contribution in [0.25, 0.3) is 0 Å². The van der Waals surface area contributed by atoms with Crippen LogP contribution in [0.5, 0.6) is 0 Å². The first-order chi connectivity index (χ1) is 12.4. The fraction of sp³-hybridized carbons (Fsp3) is 0.909. The zero-order chi connectivity index (χ0) is 20.6. The highest BCUT2D eigenvalue weighted by Gasteiger charge is 2.48. The molecular formula is C22H38O5. The first-order valence-corrected chi connectivity index (χ1v) is 10.5. The molecule has 6 unspecified atom stereocenters. The van der Waals surface area contributed by atoms with Crippen LogP contribution in [0.3, 0.4) is 0 Å². The van der Waals surface area contributed by atoms with E-state index in [1.807, 2.05) is 13.8 Å². The molecule has 6 atom stereocenters. The molecule has 0 saturated heterocycles. The van der Waals surface area contributed by atoms with Gasteiger partial charge in [-0.25, -0.2) is 0 Å². The van der Waals surface area contributed by atoms with Gasteiger partial charge in [-0.3, -0.25) is 9.59 Å². The van der Waals surface area contributed by atoms with Crippen LogP contribution in [0.15, 0.2) is 0 Å². The molecule has 0 aromatic heterocycles. The second-order valence-corrected chi connectivity index (χ2v) is 10.2. The molecule has 0 radical (unpaired) electrons. The summed E-state index contributed by atoms with van der Waals surface area (Å²) in [5.74, 6) is -0.0254. The summed E-state index contributed by atoms with van der Waals surface area (Å²) < 4.78 is 6.64. The van der Waals surface area contributed by atoms with Gasteiger partial charge in [-0.1, -0.05) is 27.7 Å². The fourth-order valence-corrected chi connectivity index (χ4v) is 5.17. The van der Waals surface area contributed by atoms with Crippen LogP contribution in [0.2, 0.25) is 0 Å². The molecule has 0 aromatic carbocycles. The molecule has 0 aliphatic heterocycles. The summed E-state index contributed by atoms with van der Waals surface area (Å²) in [6.45, 7) is 12.3. The third-order valence-electron chi connectivity index (χ3n) is 7.41. The first kappa shape index (κ1) is 22.2. The van der Waals surface area contributed by atoms with Gasteiger partial charge in [0, 0.05) is 0 Å². The van der Waals surface area contributed by atoms with Crippen molar-refractivity contribution in [2.45, 2.75) is 92.3 Å². The minimum Gasteiger partial charge on any atom is -0.481 e. The average molecular weight is 383 g/mol. The predicted octanol–water partition coefficient (Wildman–Crippen LogP) is 4.83. The summed E-state index contributed by atoms with van der Waals surface area (Å²) in [5, 5.41) is 19.4. The molecule has 0 bridgehead atoms. The minimum atomic E-state index is -0.756. The lowest BCUT2D eigenvalue weighted by Crippen LogP contribution is -2.49. The molecule has 0 spiro atoms. The molecule has 2 N–H and O–H groups in total. The molecule has 5 nitrogen and oxygen atoms in total. The summed E-state index contributed by atoms with van der Waals surface area (Å²) in [5.41, 5.74) is -1.51. The lowest BCUT2D eigenvalue weighted by atomic mass is 9.65. The lowest BCUT2D eigenvalue weighted by molar-refractivity contribution is -0.175. The van der Waals surface area contributed by atoms with Crippen molar-refractivity contribution in [1.29, 1.82) is 0 Å². The largest absolute Gasteiger partial charge is 0.481 e. The lowest BCUT2D eigenvalue weighted by Gasteiger charge is -2.47. The quantitative estimate of drug-likeness (QED) is 0.687. The highest BCUT2D eigenvalue weighted by molar-refractivity contribution is 5.74. The Kier molecular flexibility index (Phi) is 6.66. The van der Waals surface area contributed by atoms with Crippen LogP contribution < -0.4 is 0 Å². The van der Waals surface area contributed by atoms with Crippen molar-refractivity contribution in [3.63, 3.8) is 0 Å². The zero-order valence-corrected chi connectivity index (χ0v) is 17.8. The Balaban J connectivity index is 2.26. The van der Waals surface area contributed by atoms with Gasteiger partial charge in [-0.05, 0) is 76.0 Å². The zero-order valence-electron chi connectivity index (χ0n) is 17.8. The van der Waals surface area contributed by atoms with E-state index in [0.717, 1.165) is 12.8 Å². The van der Waals surface area contributed by atoms with Gasteiger partial charge in [0.1, 0.15) is 0 Å². The van der Waals surface area contributed by atoms with E-state index in [0.29, 0.717) is 49.4 Å². The van der Waals surface area contributed by atoms with E-state index in [1.54, 1.807) is 0 Å². The second kappa shape index (κ2) is 8.10. The van der Waals surface area contributed by atoms with E-state index < -0.39 is 22.8 Å². The predicted molar refractivity (Wildman–Crippen MR) is 105 cm³/mol. The number of carbonyl (C=O) groups is 2. The summed E-state index contributed by atoms with van der Waals surface area (Å²) in [7, 11) is 0. The Labute approximate surface area is 163 Å². The van der Waals surface area contributed by atoms with E-state index in [2.05, 4.69) is 27.7 Å². The molecule has 2 fully saturated rings. The van der Waals surface area contributed by atoms with E-state index in [-0.39, 0.29) is 12.2 Å². The SMILES string of the molecule is CC(C)C1CCC(C)(C(=O)O)CC1OC1CC(C)(C(=O)O)CCC1C(C)C. The molecule has 2 aliphatic carbocycles. The van der Waals surface area contributed by atoms with Crippen molar-refractivity contribution < 1.29 is 24.5 Å². The summed E-state index contributed by atoms with van der Waals surface area (Å²) in [4.78, 5) is 23.6. The molecule has 0 heterocycles. The average Bonchev–Trinajstić information content (AvgIpc) is 2.54. The standard InChI is InChI=1S/C22H38O5/c1-13(2)15-7-9-21(5,19(23)24)11-17(15)27-18-12-22(6,20(25)26)10-8-16(18)14(3)4/h13-18H,7-12H2,1-6H3,(H,23,24)(H,25,26). The maximum absolute atomic E-state index is 11.8. The Morgan fingerprint density at radius 3 is 1.41 bits per heavy atom. The molecule has 0 aromatic rings. The number of carboxylic acid groups (broad SMARTS) is 2. The Morgan fingerprint density at radius 1 is 0.815 bits per heavy atom. The number of ether oxygens (including phenoxy) is 1. The topological polar surface area (TPSA) is 83.8 Å². The molecule has 2 rings (SSSR count). The molecule has 27 heavy (non-hydrogen) atoms. The summed E-state index contributed by atoms with van der Waals surface area (Å²) >= 11 is 0. The number of carboxylic acids is 2. The summed E-state index contributed by atoms with van der Waals surface area (Å²) in [6.07, 6.45) is 3.82. The fourth-order valence-electron chi connectivity index (χ4n) is 5.17. The van der Waals surface area contributed by atoms with Crippen LogP contribution in [-0.2, 0) is 14.3 Å². The van der Waals surface area contributed by atoms with Gasteiger partial charge < -0.3 is 14.9 Å². The second-order valence-electron chi connectivity index (χ2n) is 10.2. The van der Waals surface area contributed by atoms with Gasteiger partial charge in [0.05, 0.1) is 23.0 Å². The number of aliphatic carboxylic acids is 2. The van der Waals surface area contributed by atoms with E-state index in [1.165, 1.54) is 0 Å². The highest BCUT2D eigenvalue weighted by atomic mass is 16.5. The van der Waals surface area contributed by atoms with Gasteiger partial charge in [0.2, 0.25) is 0 Å². The van der Waals surface area contributed by atoms with Crippen LogP contribution in [0.1, 0.15) is 80.1 Å². The molecular weight excluding hydrogens is 344 g/mol. The molecule has 156 valence electrons. The van der Waals surface area contributed by atoms with Gasteiger partial charge >= 0.3 is 11.9 Å². The van der Waals surface area contributed by atoms with Crippen molar-refractivity contribution >= 4 is 11.9 Å². The monoisotopic (exact) mass is 382 g/mol. The normalized spacial score (nSPS) is 40.3. The number of hydrogen-bond donors (Lipinski definition) is 2. The maximum Gasteiger partial charge on any atom is 0.309 e. The molecule has 2 aliphatic rings. The first-order valence-electron chi connectivity index (χ1n) is 10.5. The molecule has 2 saturated carbocycles. The van der Waals surface area contributed by atoms with Gasteiger partial charge in [-0.2, -0.15) is 0 Å². The third-order valence-corrected chi connectivity index (χ3v) is 7.41. The molecule has 0 amide bonds. The van der Waals surface area contributed by atoms with Crippen molar-refractivity contribution in [3.8, 4) is 0 Å². The van der Waals surface area contributed by atoms with Crippen LogP contribution in [-0.4, -0.2) is 34.4 Å². The Morgan fingerprint density at radius 2 is 1.15 bits per heavy atom. The minimum absolute atomic E-state index is 0.123. The van der Waals surface area contributed by atoms with Crippen molar-refractivity contribution in [1.82, 2.24) is 0 Å². The number of hydrogen-bond acceptors (Lipinski definition) is 3.